The zero-order valence-corrected chi connectivity index (χ0v) is 10.9. The summed E-state index contributed by atoms with van der Waals surface area (Å²) in [6.45, 7) is 2.05. The van der Waals surface area contributed by atoms with Gasteiger partial charge in [0, 0.05) is 11.3 Å². The number of carbonyl (C=O) groups is 1. The first-order chi connectivity index (χ1) is 8.03. The molecule has 3 atom stereocenters. The summed E-state index contributed by atoms with van der Waals surface area (Å²) in [6, 6.07) is 0. The average molecular weight is 262 g/mol. The fourth-order valence-corrected chi connectivity index (χ4v) is 3.35. The Hall–Kier alpha value is -0.460. The number of carboxylic acid groups (broad SMARTS) is 1. The molecular formula is C11H20NO4S-. The molecule has 0 aliphatic heterocycles. The van der Waals surface area contributed by atoms with Crippen LogP contribution in [0.2, 0.25) is 0 Å². The van der Waals surface area contributed by atoms with Gasteiger partial charge in [-0.3, -0.25) is 9.00 Å². The summed E-state index contributed by atoms with van der Waals surface area (Å²) < 4.78 is 23.9. The minimum absolute atomic E-state index is 0.0911. The number of unbranched alkanes of at least 4 members (excludes halogenated alkanes) is 1. The van der Waals surface area contributed by atoms with Crippen molar-refractivity contribution in [3.8, 4) is 0 Å². The van der Waals surface area contributed by atoms with E-state index in [1.807, 2.05) is 6.92 Å². The Morgan fingerprint density at radius 3 is 2.82 bits per heavy atom. The number of rotatable bonds is 6. The van der Waals surface area contributed by atoms with Crippen molar-refractivity contribution in [2.45, 2.75) is 57.4 Å². The molecule has 17 heavy (non-hydrogen) atoms. The van der Waals surface area contributed by atoms with Crippen molar-refractivity contribution in [2.75, 3.05) is 0 Å². The lowest BCUT2D eigenvalue weighted by atomic mass is 9.71. The monoisotopic (exact) mass is 262 g/mol. The van der Waals surface area contributed by atoms with Gasteiger partial charge in [-0.1, -0.05) is 32.6 Å². The lowest BCUT2D eigenvalue weighted by Gasteiger charge is -2.41. The molecule has 0 spiro atoms. The van der Waals surface area contributed by atoms with Gasteiger partial charge in [-0.15, -0.1) is 0 Å². The SMILES string of the molecule is CCCCC1CCCCC1(NS(=O)[O-])C(=O)O. The molecule has 0 heterocycles. The van der Waals surface area contributed by atoms with Crippen molar-refractivity contribution in [1.29, 1.82) is 0 Å². The molecule has 1 rings (SSSR count). The molecule has 3 unspecified atom stereocenters. The van der Waals surface area contributed by atoms with Crippen LogP contribution in [0.4, 0.5) is 0 Å². The smallest absolute Gasteiger partial charge is 0.325 e. The Bertz CT molecular complexity index is 297. The molecule has 0 radical (unpaired) electrons. The van der Waals surface area contributed by atoms with Crippen LogP contribution >= 0.6 is 0 Å². The number of hydrogen-bond acceptors (Lipinski definition) is 3. The van der Waals surface area contributed by atoms with E-state index < -0.39 is 22.8 Å². The molecule has 1 fully saturated rings. The third kappa shape index (κ3) is 3.50. The van der Waals surface area contributed by atoms with Crippen molar-refractivity contribution < 1.29 is 18.7 Å². The number of aliphatic carboxylic acids is 1. The van der Waals surface area contributed by atoms with Crippen molar-refractivity contribution in [1.82, 2.24) is 4.72 Å². The summed E-state index contributed by atoms with van der Waals surface area (Å²) in [5.41, 5.74) is -1.28. The summed E-state index contributed by atoms with van der Waals surface area (Å²) in [5.74, 6) is -1.13. The normalized spacial score (nSPS) is 31.1. The van der Waals surface area contributed by atoms with Gasteiger partial charge in [0.1, 0.15) is 5.54 Å². The zero-order chi connectivity index (χ0) is 12.9. The predicted molar refractivity (Wildman–Crippen MR) is 63.9 cm³/mol. The fourth-order valence-electron chi connectivity index (χ4n) is 2.69. The van der Waals surface area contributed by atoms with E-state index in [1.54, 1.807) is 0 Å². The Labute approximate surface area is 104 Å². The minimum atomic E-state index is -2.53. The number of carboxylic acids is 1. The largest absolute Gasteiger partial charge is 0.760 e. The van der Waals surface area contributed by atoms with Gasteiger partial charge >= 0.3 is 5.97 Å². The van der Waals surface area contributed by atoms with Crippen LogP contribution in [0.25, 0.3) is 0 Å². The Morgan fingerprint density at radius 1 is 1.59 bits per heavy atom. The van der Waals surface area contributed by atoms with Crippen LogP contribution < -0.4 is 4.72 Å². The van der Waals surface area contributed by atoms with Crippen LogP contribution in [0, 0.1) is 5.92 Å². The van der Waals surface area contributed by atoms with E-state index in [-0.39, 0.29) is 5.92 Å². The van der Waals surface area contributed by atoms with Gasteiger partial charge in [-0.25, -0.2) is 4.72 Å². The van der Waals surface area contributed by atoms with Crippen LogP contribution in [0.1, 0.15) is 51.9 Å². The van der Waals surface area contributed by atoms with Gasteiger partial charge in [-0.05, 0) is 25.2 Å². The van der Waals surface area contributed by atoms with Gasteiger partial charge < -0.3 is 9.66 Å². The molecule has 0 saturated heterocycles. The molecular weight excluding hydrogens is 242 g/mol. The Balaban J connectivity index is 2.87. The molecule has 1 saturated carbocycles. The van der Waals surface area contributed by atoms with Crippen LogP contribution in [-0.2, 0) is 16.1 Å². The molecule has 0 aromatic carbocycles. The second-order valence-corrected chi connectivity index (χ2v) is 5.37. The Kier molecular flexibility index (Phi) is 5.55. The summed E-state index contributed by atoms with van der Waals surface area (Å²) in [5, 5.41) is 9.37. The highest BCUT2D eigenvalue weighted by atomic mass is 32.2. The van der Waals surface area contributed by atoms with Crippen molar-refractivity contribution in [2.24, 2.45) is 5.92 Å². The van der Waals surface area contributed by atoms with Gasteiger partial charge in [-0.2, -0.15) is 0 Å². The van der Waals surface area contributed by atoms with E-state index >= 15 is 0 Å². The topological polar surface area (TPSA) is 89.5 Å². The van der Waals surface area contributed by atoms with Crippen molar-refractivity contribution in [3.05, 3.63) is 0 Å². The molecule has 100 valence electrons. The van der Waals surface area contributed by atoms with Gasteiger partial charge in [0.15, 0.2) is 0 Å². The van der Waals surface area contributed by atoms with Crippen LogP contribution in [0.3, 0.4) is 0 Å². The number of hydrogen-bond donors (Lipinski definition) is 2. The summed E-state index contributed by atoms with van der Waals surface area (Å²) >= 11 is -2.53. The molecule has 5 nitrogen and oxygen atoms in total. The highest BCUT2D eigenvalue weighted by Crippen LogP contribution is 2.37. The highest BCUT2D eigenvalue weighted by Gasteiger charge is 2.46. The van der Waals surface area contributed by atoms with Crippen LogP contribution in [0.5, 0.6) is 0 Å². The molecule has 2 N–H and O–H groups in total. The molecule has 1 aliphatic rings. The Morgan fingerprint density at radius 2 is 2.29 bits per heavy atom. The summed E-state index contributed by atoms with van der Waals surface area (Å²) in [4.78, 5) is 11.4. The minimum Gasteiger partial charge on any atom is -0.760 e. The zero-order valence-electron chi connectivity index (χ0n) is 10.1. The maximum atomic E-state index is 11.4. The molecule has 1 aliphatic carbocycles. The lowest BCUT2D eigenvalue weighted by Crippen LogP contribution is -2.59. The molecule has 6 heteroatoms. The number of nitrogens with one attached hydrogen (secondary N) is 1. The van der Waals surface area contributed by atoms with Crippen molar-refractivity contribution >= 4 is 17.2 Å². The standard InChI is InChI=1S/C11H21NO4S/c1-2-3-6-9-7-4-5-8-11(9,10(13)14)12-17(15)16/h9,12H,2-8H2,1H3,(H,13,14)(H,15,16)/p-1. The van der Waals surface area contributed by atoms with Crippen LogP contribution in [0.15, 0.2) is 0 Å². The van der Waals surface area contributed by atoms with Gasteiger partial charge in [0.2, 0.25) is 0 Å². The average Bonchev–Trinajstić information content (AvgIpc) is 2.26. The predicted octanol–water partition coefficient (Wildman–Crippen LogP) is 1.57. The highest BCUT2D eigenvalue weighted by molar-refractivity contribution is 7.77. The van der Waals surface area contributed by atoms with E-state index in [0.717, 1.165) is 38.5 Å². The second-order valence-electron chi connectivity index (χ2n) is 4.70. The summed E-state index contributed by atoms with van der Waals surface area (Å²) in [6.07, 6.45) is 5.63. The molecule has 0 bridgehead atoms. The molecule has 0 aromatic rings. The van der Waals surface area contributed by atoms with Gasteiger partial charge in [0.05, 0.1) is 0 Å². The maximum Gasteiger partial charge on any atom is 0.325 e. The van der Waals surface area contributed by atoms with E-state index in [0.29, 0.717) is 6.42 Å². The molecule has 0 amide bonds. The third-order valence-corrected chi connectivity index (χ3v) is 4.15. The van der Waals surface area contributed by atoms with Crippen LogP contribution in [-0.4, -0.2) is 25.4 Å². The lowest BCUT2D eigenvalue weighted by molar-refractivity contribution is -0.148. The van der Waals surface area contributed by atoms with E-state index in [4.69, 9.17) is 0 Å². The third-order valence-electron chi connectivity index (χ3n) is 3.62. The van der Waals surface area contributed by atoms with E-state index in [2.05, 4.69) is 4.72 Å². The van der Waals surface area contributed by atoms with Crippen molar-refractivity contribution in [3.63, 3.8) is 0 Å². The quantitative estimate of drug-likeness (QED) is 0.711. The maximum absolute atomic E-state index is 11.4. The first-order valence-corrected chi connectivity index (χ1v) is 7.21. The summed E-state index contributed by atoms with van der Waals surface area (Å²) in [7, 11) is 0. The first kappa shape index (κ1) is 14.6. The second kappa shape index (κ2) is 6.47. The fraction of sp³-hybridized carbons (Fsp3) is 0.909. The van der Waals surface area contributed by atoms with E-state index in [9.17, 15) is 18.7 Å². The molecule has 0 aromatic heterocycles. The first-order valence-electron chi connectivity index (χ1n) is 6.13. The van der Waals surface area contributed by atoms with E-state index in [1.165, 1.54) is 0 Å². The van der Waals surface area contributed by atoms with Gasteiger partial charge in [0.25, 0.3) is 0 Å².